The van der Waals surface area contributed by atoms with Crippen LogP contribution in [-0.4, -0.2) is 89.6 Å². The highest BCUT2D eigenvalue weighted by Crippen LogP contribution is 2.22. The molecule has 0 amide bonds. The average Bonchev–Trinajstić information content (AvgIpc) is 3.10. The first-order valence-corrected chi connectivity index (χ1v) is 12.9. The highest BCUT2D eigenvalue weighted by atomic mass is 32.2. The standard InChI is InChI=1S/C21H34N4O4S/c1-22-18(14-23-6-3-2-4-7-23)13-20(26)21(27)19(22)15-24-8-10-25(11-9-24)17-5-12-30(28,29)16-17/h13,17,27H,2-12,14-16H2,1H3/t17-/m0/s1. The Morgan fingerprint density at radius 3 is 2.30 bits per heavy atom. The van der Waals surface area contributed by atoms with Crippen LogP contribution in [0.5, 0.6) is 5.75 Å². The Morgan fingerprint density at radius 1 is 1.00 bits per heavy atom. The van der Waals surface area contributed by atoms with Crippen LogP contribution in [0.25, 0.3) is 0 Å². The van der Waals surface area contributed by atoms with Crippen LogP contribution in [0.2, 0.25) is 0 Å². The van der Waals surface area contributed by atoms with Gasteiger partial charge in [0.1, 0.15) is 0 Å². The second-order valence-corrected chi connectivity index (χ2v) is 11.3. The fourth-order valence-corrected chi connectivity index (χ4v) is 6.79. The molecule has 9 heteroatoms. The minimum Gasteiger partial charge on any atom is -0.503 e. The fraction of sp³-hybridized carbons (Fsp3) is 0.762. The van der Waals surface area contributed by atoms with Gasteiger partial charge in [0.25, 0.3) is 0 Å². The van der Waals surface area contributed by atoms with E-state index in [4.69, 9.17) is 0 Å². The van der Waals surface area contributed by atoms with Crippen molar-refractivity contribution in [2.75, 3.05) is 50.8 Å². The molecule has 0 aliphatic carbocycles. The van der Waals surface area contributed by atoms with Crippen LogP contribution in [0.1, 0.15) is 37.1 Å². The molecule has 0 saturated carbocycles. The largest absolute Gasteiger partial charge is 0.503 e. The van der Waals surface area contributed by atoms with E-state index in [0.29, 0.717) is 18.0 Å². The van der Waals surface area contributed by atoms with E-state index in [1.54, 1.807) is 6.07 Å². The van der Waals surface area contributed by atoms with E-state index >= 15 is 0 Å². The Hall–Kier alpha value is -1.42. The normalized spacial score (nSPS) is 26.2. The Labute approximate surface area is 179 Å². The Kier molecular flexibility index (Phi) is 6.53. The molecule has 30 heavy (non-hydrogen) atoms. The summed E-state index contributed by atoms with van der Waals surface area (Å²) in [4.78, 5) is 19.3. The molecular weight excluding hydrogens is 404 g/mol. The molecule has 8 nitrogen and oxygen atoms in total. The lowest BCUT2D eigenvalue weighted by Gasteiger charge is -2.38. The van der Waals surface area contributed by atoms with Crippen molar-refractivity contribution in [2.24, 2.45) is 7.05 Å². The Bertz CT molecular complexity index is 916. The van der Waals surface area contributed by atoms with Gasteiger partial charge in [-0.2, -0.15) is 0 Å². The van der Waals surface area contributed by atoms with Gasteiger partial charge in [-0.1, -0.05) is 6.42 Å². The van der Waals surface area contributed by atoms with Gasteiger partial charge in [-0.05, 0) is 32.4 Å². The number of likely N-dealkylation sites (tertiary alicyclic amines) is 1. The zero-order valence-corrected chi connectivity index (χ0v) is 18.7. The first kappa shape index (κ1) is 21.8. The molecule has 0 unspecified atom stereocenters. The summed E-state index contributed by atoms with van der Waals surface area (Å²) in [5, 5.41) is 10.5. The molecule has 1 aromatic rings. The van der Waals surface area contributed by atoms with Gasteiger partial charge < -0.3 is 9.67 Å². The Morgan fingerprint density at radius 2 is 1.67 bits per heavy atom. The fourth-order valence-electron chi connectivity index (χ4n) is 5.03. The second kappa shape index (κ2) is 8.98. The lowest BCUT2D eigenvalue weighted by Crippen LogP contribution is -2.50. The minimum atomic E-state index is -2.87. The molecule has 4 heterocycles. The lowest BCUT2D eigenvalue weighted by molar-refractivity contribution is 0.0976. The predicted octanol–water partition coefficient (Wildman–Crippen LogP) is 0.382. The van der Waals surface area contributed by atoms with Crippen LogP contribution >= 0.6 is 0 Å². The number of sulfone groups is 1. The number of hydrogen-bond donors (Lipinski definition) is 1. The summed E-state index contributed by atoms with van der Waals surface area (Å²) in [6.07, 6.45) is 4.40. The third-order valence-electron chi connectivity index (χ3n) is 6.98. The van der Waals surface area contributed by atoms with E-state index in [1.807, 2.05) is 11.6 Å². The molecule has 168 valence electrons. The first-order chi connectivity index (χ1) is 14.3. The molecule has 0 aromatic carbocycles. The summed E-state index contributed by atoms with van der Waals surface area (Å²) in [7, 11) is -0.932. The number of aromatic nitrogens is 1. The maximum Gasteiger partial charge on any atom is 0.223 e. The van der Waals surface area contributed by atoms with Gasteiger partial charge in [0, 0.05) is 64.1 Å². The number of aromatic hydroxyl groups is 1. The highest BCUT2D eigenvalue weighted by Gasteiger charge is 2.33. The molecule has 0 spiro atoms. The van der Waals surface area contributed by atoms with Gasteiger partial charge in [0.2, 0.25) is 5.43 Å². The number of rotatable bonds is 5. The van der Waals surface area contributed by atoms with Crippen LogP contribution in [0.15, 0.2) is 10.9 Å². The van der Waals surface area contributed by atoms with Crippen LogP contribution in [0.4, 0.5) is 0 Å². The van der Waals surface area contributed by atoms with Gasteiger partial charge >= 0.3 is 0 Å². The maximum absolute atomic E-state index is 12.4. The van der Waals surface area contributed by atoms with Crippen molar-refractivity contribution < 1.29 is 13.5 Å². The number of piperazine rings is 1. The molecule has 3 fully saturated rings. The van der Waals surface area contributed by atoms with E-state index < -0.39 is 9.84 Å². The topological polar surface area (TPSA) is 86.1 Å². The SMILES string of the molecule is Cn1c(CN2CCCCC2)cc(=O)c(O)c1CN1CCN([C@H]2CCS(=O)(=O)C2)CC1. The number of hydrogen-bond acceptors (Lipinski definition) is 7. The zero-order chi connectivity index (χ0) is 21.3. The van der Waals surface area contributed by atoms with Crippen LogP contribution in [0.3, 0.4) is 0 Å². The van der Waals surface area contributed by atoms with E-state index in [2.05, 4.69) is 14.7 Å². The van der Waals surface area contributed by atoms with Crippen molar-refractivity contribution >= 4 is 9.84 Å². The number of pyridine rings is 1. The summed E-state index contributed by atoms with van der Waals surface area (Å²) in [5.74, 6) is 0.433. The van der Waals surface area contributed by atoms with Crippen molar-refractivity contribution in [3.8, 4) is 5.75 Å². The summed E-state index contributed by atoms with van der Waals surface area (Å²) >= 11 is 0. The summed E-state index contributed by atoms with van der Waals surface area (Å²) in [6.45, 7) is 6.64. The van der Waals surface area contributed by atoms with Crippen LogP contribution in [-0.2, 0) is 30.0 Å². The number of nitrogens with zero attached hydrogens (tertiary/aromatic N) is 4. The maximum atomic E-state index is 12.4. The van der Waals surface area contributed by atoms with Gasteiger partial charge in [-0.15, -0.1) is 0 Å². The summed E-state index contributed by atoms with van der Waals surface area (Å²) in [6, 6.07) is 1.72. The highest BCUT2D eigenvalue weighted by molar-refractivity contribution is 7.91. The molecule has 0 bridgehead atoms. The molecule has 4 rings (SSSR count). The van der Waals surface area contributed by atoms with E-state index in [1.165, 1.54) is 19.3 Å². The summed E-state index contributed by atoms with van der Waals surface area (Å²) < 4.78 is 25.5. The van der Waals surface area contributed by atoms with E-state index in [-0.39, 0.29) is 23.0 Å². The van der Waals surface area contributed by atoms with E-state index in [9.17, 15) is 18.3 Å². The third-order valence-corrected chi connectivity index (χ3v) is 8.73. The molecular formula is C21H34N4O4S. The zero-order valence-electron chi connectivity index (χ0n) is 17.9. The minimum absolute atomic E-state index is 0.141. The number of piperidine rings is 1. The third kappa shape index (κ3) is 4.90. The molecule has 3 saturated heterocycles. The van der Waals surface area contributed by atoms with Gasteiger partial charge in [0.05, 0.1) is 17.2 Å². The molecule has 0 radical (unpaired) electrons. The molecule has 3 aliphatic rings. The van der Waals surface area contributed by atoms with Gasteiger partial charge in [-0.3, -0.25) is 19.5 Å². The monoisotopic (exact) mass is 438 g/mol. The Balaban J connectivity index is 1.41. The van der Waals surface area contributed by atoms with Gasteiger partial charge in [-0.25, -0.2) is 8.42 Å². The summed E-state index contributed by atoms with van der Waals surface area (Å²) in [5.41, 5.74) is 1.32. The molecule has 1 N–H and O–H groups in total. The smallest absolute Gasteiger partial charge is 0.223 e. The lowest BCUT2D eigenvalue weighted by atomic mass is 10.1. The van der Waals surface area contributed by atoms with Crippen molar-refractivity contribution in [1.82, 2.24) is 19.3 Å². The molecule has 1 aromatic heterocycles. The first-order valence-electron chi connectivity index (χ1n) is 11.1. The predicted molar refractivity (Wildman–Crippen MR) is 116 cm³/mol. The van der Waals surface area contributed by atoms with Gasteiger partial charge in [0.15, 0.2) is 15.6 Å². The van der Waals surface area contributed by atoms with E-state index in [0.717, 1.165) is 57.9 Å². The van der Waals surface area contributed by atoms with Crippen molar-refractivity contribution in [3.05, 3.63) is 27.7 Å². The average molecular weight is 439 g/mol. The van der Waals surface area contributed by atoms with Crippen molar-refractivity contribution in [3.63, 3.8) is 0 Å². The van der Waals surface area contributed by atoms with Crippen LogP contribution < -0.4 is 5.43 Å². The second-order valence-electron chi connectivity index (χ2n) is 9.06. The van der Waals surface area contributed by atoms with Crippen molar-refractivity contribution in [1.29, 1.82) is 0 Å². The molecule has 3 aliphatic heterocycles. The molecule has 1 atom stereocenters. The van der Waals surface area contributed by atoms with Crippen LogP contribution in [0, 0.1) is 0 Å². The van der Waals surface area contributed by atoms with Crippen molar-refractivity contribution in [2.45, 2.75) is 44.8 Å². The quantitative estimate of drug-likeness (QED) is 0.711.